The summed E-state index contributed by atoms with van der Waals surface area (Å²) < 4.78 is 0. The van der Waals surface area contributed by atoms with Crippen molar-refractivity contribution in [2.24, 2.45) is 0 Å². The van der Waals surface area contributed by atoms with Crippen LogP contribution in [0.15, 0.2) is 6.07 Å². The minimum absolute atomic E-state index is 0.717. The van der Waals surface area contributed by atoms with Crippen molar-refractivity contribution in [3.05, 3.63) is 21.4 Å². The molecule has 0 fully saturated rings. The zero-order chi connectivity index (χ0) is 8.55. The lowest BCUT2D eigenvalue weighted by Crippen LogP contribution is -1.96. The molecule has 0 bridgehead atoms. The van der Waals surface area contributed by atoms with E-state index in [9.17, 15) is 0 Å². The Morgan fingerprint density at radius 3 is 2.83 bits per heavy atom. The highest BCUT2D eigenvalue weighted by Crippen LogP contribution is 2.29. The summed E-state index contributed by atoms with van der Waals surface area (Å²) in [4.78, 5) is 2.70. The van der Waals surface area contributed by atoms with E-state index in [0.29, 0.717) is 0 Å². The van der Waals surface area contributed by atoms with Gasteiger partial charge in [0.1, 0.15) is 0 Å². The Morgan fingerprint density at radius 2 is 2.17 bits per heavy atom. The lowest BCUT2D eigenvalue weighted by atomic mass is 9.99. The Bertz CT molecular complexity index is 288. The van der Waals surface area contributed by atoms with Crippen LogP contribution in [0.3, 0.4) is 0 Å². The lowest BCUT2D eigenvalue weighted by molar-refractivity contribution is 0.697. The summed E-state index contributed by atoms with van der Waals surface area (Å²) in [5.41, 5.74) is 2.22. The maximum absolute atomic E-state index is 7.53. The summed E-state index contributed by atoms with van der Waals surface area (Å²) in [5, 5.41) is 7.53. The Kier molecular flexibility index (Phi) is 2.01. The van der Waals surface area contributed by atoms with Gasteiger partial charge in [-0.15, -0.1) is 11.3 Å². The normalized spacial score (nSPS) is 15.8. The van der Waals surface area contributed by atoms with Gasteiger partial charge in [-0.2, -0.15) is 0 Å². The van der Waals surface area contributed by atoms with Crippen molar-refractivity contribution in [3.63, 3.8) is 0 Å². The molecule has 0 aromatic carbocycles. The third-order valence-electron chi connectivity index (χ3n) is 2.37. The third kappa shape index (κ3) is 1.31. The van der Waals surface area contributed by atoms with Crippen LogP contribution < -0.4 is 0 Å². The Labute approximate surface area is 76.9 Å². The van der Waals surface area contributed by atoms with Gasteiger partial charge in [-0.05, 0) is 44.2 Å². The highest BCUT2D eigenvalue weighted by atomic mass is 32.1. The second-order valence-electron chi connectivity index (χ2n) is 3.39. The van der Waals surface area contributed by atoms with Crippen LogP contribution in [-0.2, 0) is 12.8 Å². The first-order valence-corrected chi connectivity index (χ1v) is 5.26. The average Bonchev–Trinajstić information content (AvgIpc) is 2.46. The number of hydrogen-bond acceptors (Lipinski definition) is 2. The van der Waals surface area contributed by atoms with E-state index in [1.807, 2.05) is 18.3 Å². The first-order valence-electron chi connectivity index (χ1n) is 4.44. The van der Waals surface area contributed by atoms with Crippen LogP contribution in [-0.4, -0.2) is 5.71 Å². The standard InChI is InChI=1S/C10H13NS/c1-7(11)10-6-8-4-2-3-5-9(8)12-10/h6,11H,2-5H2,1H3. The molecule has 2 heteroatoms. The minimum Gasteiger partial charge on any atom is -0.304 e. The molecule has 12 heavy (non-hydrogen) atoms. The highest BCUT2D eigenvalue weighted by Gasteiger charge is 2.13. The minimum atomic E-state index is 0.717. The van der Waals surface area contributed by atoms with E-state index < -0.39 is 0 Å². The fourth-order valence-electron chi connectivity index (χ4n) is 1.68. The molecule has 0 saturated heterocycles. The lowest BCUT2D eigenvalue weighted by Gasteiger charge is -2.08. The van der Waals surface area contributed by atoms with Crippen LogP contribution in [0.4, 0.5) is 0 Å². The smallest absolute Gasteiger partial charge is 0.0481 e. The molecular formula is C10H13NS. The molecule has 1 aliphatic carbocycles. The molecule has 0 saturated carbocycles. The Hall–Kier alpha value is -0.630. The number of aryl methyl sites for hydroxylation is 2. The molecule has 64 valence electrons. The van der Waals surface area contributed by atoms with E-state index in [4.69, 9.17) is 5.41 Å². The maximum atomic E-state index is 7.53. The molecule has 0 unspecified atom stereocenters. The second kappa shape index (κ2) is 3.02. The molecule has 0 spiro atoms. The molecule has 2 rings (SSSR count). The summed E-state index contributed by atoms with van der Waals surface area (Å²) >= 11 is 1.82. The van der Waals surface area contributed by atoms with Crippen LogP contribution in [0.25, 0.3) is 0 Å². The summed E-state index contributed by atoms with van der Waals surface area (Å²) in [6.45, 7) is 1.87. The molecule has 1 nitrogen and oxygen atoms in total. The van der Waals surface area contributed by atoms with Gasteiger partial charge in [0.25, 0.3) is 0 Å². The monoisotopic (exact) mass is 179 g/mol. The molecule has 0 aliphatic heterocycles. The van der Waals surface area contributed by atoms with E-state index in [2.05, 4.69) is 6.07 Å². The van der Waals surface area contributed by atoms with Crippen molar-refractivity contribution in [2.45, 2.75) is 32.6 Å². The molecule has 1 aromatic rings. The number of fused-ring (bicyclic) bond motifs is 1. The fourth-order valence-corrected chi connectivity index (χ4v) is 2.83. The SMILES string of the molecule is CC(=N)c1cc2c(s1)CCCC2. The van der Waals surface area contributed by atoms with Gasteiger partial charge < -0.3 is 5.41 Å². The zero-order valence-electron chi connectivity index (χ0n) is 7.31. The second-order valence-corrected chi connectivity index (χ2v) is 4.53. The van der Waals surface area contributed by atoms with Gasteiger partial charge in [0.05, 0.1) is 0 Å². The van der Waals surface area contributed by atoms with Gasteiger partial charge in [-0.25, -0.2) is 0 Å². The third-order valence-corrected chi connectivity index (χ3v) is 3.72. The number of hydrogen-bond donors (Lipinski definition) is 1. The summed E-state index contributed by atoms with van der Waals surface area (Å²) in [7, 11) is 0. The number of thiophene rings is 1. The molecule has 1 aliphatic rings. The van der Waals surface area contributed by atoms with Crippen LogP contribution in [0, 0.1) is 5.41 Å². The summed E-state index contributed by atoms with van der Waals surface area (Å²) in [5.74, 6) is 0. The van der Waals surface area contributed by atoms with Crippen molar-refractivity contribution >= 4 is 17.0 Å². The Morgan fingerprint density at radius 1 is 1.42 bits per heavy atom. The van der Waals surface area contributed by atoms with E-state index in [0.717, 1.165) is 5.71 Å². The largest absolute Gasteiger partial charge is 0.304 e. The van der Waals surface area contributed by atoms with Crippen molar-refractivity contribution in [1.29, 1.82) is 5.41 Å². The van der Waals surface area contributed by atoms with Crippen LogP contribution >= 0.6 is 11.3 Å². The van der Waals surface area contributed by atoms with Gasteiger partial charge in [0.2, 0.25) is 0 Å². The van der Waals surface area contributed by atoms with E-state index >= 15 is 0 Å². The van der Waals surface area contributed by atoms with Gasteiger partial charge in [0, 0.05) is 15.5 Å². The number of nitrogens with one attached hydrogen (secondary N) is 1. The molecule has 0 radical (unpaired) electrons. The molecule has 0 atom stereocenters. The zero-order valence-corrected chi connectivity index (χ0v) is 8.13. The summed E-state index contributed by atoms with van der Waals surface area (Å²) in [6, 6.07) is 2.21. The van der Waals surface area contributed by atoms with Gasteiger partial charge in [-0.1, -0.05) is 0 Å². The predicted octanol–water partition coefficient (Wildman–Crippen LogP) is 3.01. The van der Waals surface area contributed by atoms with Crippen molar-refractivity contribution in [3.8, 4) is 0 Å². The van der Waals surface area contributed by atoms with Crippen molar-refractivity contribution in [2.75, 3.05) is 0 Å². The quantitative estimate of drug-likeness (QED) is 0.641. The van der Waals surface area contributed by atoms with E-state index in [1.54, 1.807) is 0 Å². The van der Waals surface area contributed by atoms with Crippen molar-refractivity contribution < 1.29 is 0 Å². The average molecular weight is 179 g/mol. The molecule has 1 heterocycles. The first-order chi connectivity index (χ1) is 5.77. The van der Waals surface area contributed by atoms with Crippen LogP contribution in [0.2, 0.25) is 0 Å². The van der Waals surface area contributed by atoms with E-state index in [-0.39, 0.29) is 0 Å². The number of rotatable bonds is 1. The van der Waals surface area contributed by atoms with Crippen LogP contribution in [0.1, 0.15) is 35.1 Å². The molecule has 1 N–H and O–H groups in total. The van der Waals surface area contributed by atoms with Gasteiger partial charge in [-0.3, -0.25) is 0 Å². The highest BCUT2D eigenvalue weighted by molar-refractivity contribution is 7.14. The predicted molar refractivity (Wildman–Crippen MR) is 53.5 cm³/mol. The molecule has 0 amide bonds. The van der Waals surface area contributed by atoms with Crippen LogP contribution in [0.5, 0.6) is 0 Å². The first kappa shape index (κ1) is 7.99. The van der Waals surface area contributed by atoms with Crippen molar-refractivity contribution in [1.82, 2.24) is 0 Å². The molecular weight excluding hydrogens is 166 g/mol. The summed E-state index contributed by atoms with van der Waals surface area (Å²) in [6.07, 6.45) is 5.15. The molecule has 1 aromatic heterocycles. The Balaban J connectivity index is 2.38. The fraction of sp³-hybridized carbons (Fsp3) is 0.500. The topological polar surface area (TPSA) is 23.9 Å². The van der Waals surface area contributed by atoms with E-state index in [1.165, 1.54) is 41.0 Å². The van der Waals surface area contributed by atoms with Gasteiger partial charge >= 0.3 is 0 Å². The van der Waals surface area contributed by atoms with Gasteiger partial charge in [0.15, 0.2) is 0 Å². The maximum Gasteiger partial charge on any atom is 0.0481 e.